The Morgan fingerprint density at radius 1 is 1.27 bits per heavy atom. The van der Waals surface area contributed by atoms with Crippen molar-refractivity contribution in [2.75, 3.05) is 20.1 Å². The highest BCUT2D eigenvalue weighted by atomic mass is 16.5. The first-order valence-corrected chi connectivity index (χ1v) is 5.45. The van der Waals surface area contributed by atoms with E-state index in [1.54, 1.807) is 12.4 Å². The fourth-order valence-electron chi connectivity index (χ4n) is 2.41. The van der Waals surface area contributed by atoms with Crippen LogP contribution in [0.3, 0.4) is 0 Å². The number of piperidine rings is 1. The zero-order valence-corrected chi connectivity index (χ0v) is 8.94. The van der Waals surface area contributed by atoms with Crippen molar-refractivity contribution < 1.29 is 4.74 Å². The first kappa shape index (κ1) is 9.09. The SMILES string of the molecule is CN1CCC2(CC1)Cc1nccnc1O2. The van der Waals surface area contributed by atoms with Gasteiger partial charge in [0.1, 0.15) is 11.3 Å². The third kappa shape index (κ3) is 1.49. The molecule has 1 aromatic rings. The average Bonchev–Trinajstić information content (AvgIpc) is 2.61. The lowest BCUT2D eigenvalue weighted by Gasteiger charge is -2.36. The van der Waals surface area contributed by atoms with Gasteiger partial charge in [-0.2, -0.15) is 0 Å². The van der Waals surface area contributed by atoms with Crippen LogP contribution in [0, 0.1) is 0 Å². The zero-order valence-electron chi connectivity index (χ0n) is 8.94. The molecule has 2 aliphatic heterocycles. The lowest BCUT2D eigenvalue weighted by molar-refractivity contribution is 0.0241. The van der Waals surface area contributed by atoms with Crippen LogP contribution in [-0.2, 0) is 6.42 Å². The Labute approximate surface area is 89.3 Å². The maximum atomic E-state index is 5.98. The van der Waals surface area contributed by atoms with Gasteiger partial charge in [0.15, 0.2) is 0 Å². The molecule has 0 atom stereocenters. The van der Waals surface area contributed by atoms with E-state index in [0.29, 0.717) is 0 Å². The van der Waals surface area contributed by atoms with Crippen LogP contribution in [0.2, 0.25) is 0 Å². The van der Waals surface area contributed by atoms with E-state index < -0.39 is 0 Å². The summed E-state index contributed by atoms with van der Waals surface area (Å²) < 4.78 is 5.98. The maximum absolute atomic E-state index is 5.98. The van der Waals surface area contributed by atoms with Crippen molar-refractivity contribution >= 4 is 0 Å². The standard InChI is InChI=1S/C11H15N3O/c1-14-6-2-11(3-7-14)8-9-10(15-11)13-5-4-12-9/h4-5H,2-3,6-8H2,1H3. The van der Waals surface area contributed by atoms with E-state index in [-0.39, 0.29) is 5.60 Å². The summed E-state index contributed by atoms with van der Waals surface area (Å²) in [6.07, 6.45) is 6.55. The molecule has 0 amide bonds. The van der Waals surface area contributed by atoms with Crippen molar-refractivity contribution in [3.63, 3.8) is 0 Å². The lowest BCUT2D eigenvalue weighted by atomic mass is 9.88. The number of likely N-dealkylation sites (tertiary alicyclic amines) is 1. The lowest BCUT2D eigenvalue weighted by Crippen LogP contribution is -2.46. The van der Waals surface area contributed by atoms with Crippen molar-refractivity contribution in [3.8, 4) is 5.88 Å². The molecule has 3 heterocycles. The van der Waals surface area contributed by atoms with E-state index in [1.807, 2.05) is 0 Å². The molecule has 4 heteroatoms. The molecule has 15 heavy (non-hydrogen) atoms. The molecule has 1 aromatic heterocycles. The molecule has 3 rings (SSSR count). The Bertz CT molecular complexity index is 345. The predicted molar refractivity (Wildman–Crippen MR) is 55.8 cm³/mol. The second kappa shape index (κ2) is 3.17. The average molecular weight is 205 g/mol. The van der Waals surface area contributed by atoms with Crippen LogP contribution >= 0.6 is 0 Å². The highest BCUT2D eigenvalue weighted by molar-refractivity contribution is 5.26. The van der Waals surface area contributed by atoms with Gasteiger partial charge in [-0.3, -0.25) is 4.98 Å². The summed E-state index contributed by atoms with van der Waals surface area (Å²) in [6.45, 7) is 2.21. The van der Waals surface area contributed by atoms with E-state index in [0.717, 1.165) is 43.9 Å². The van der Waals surface area contributed by atoms with E-state index in [4.69, 9.17) is 4.74 Å². The minimum absolute atomic E-state index is 0.00377. The number of hydrogen-bond donors (Lipinski definition) is 0. The van der Waals surface area contributed by atoms with Crippen molar-refractivity contribution in [2.24, 2.45) is 0 Å². The summed E-state index contributed by atoms with van der Waals surface area (Å²) in [7, 11) is 2.16. The van der Waals surface area contributed by atoms with Gasteiger partial charge >= 0.3 is 0 Å². The third-order valence-corrected chi connectivity index (χ3v) is 3.44. The largest absolute Gasteiger partial charge is 0.469 e. The minimum atomic E-state index is -0.00377. The first-order valence-electron chi connectivity index (χ1n) is 5.45. The number of aromatic nitrogens is 2. The molecule has 0 bridgehead atoms. The third-order valence-electron chi connectivity index (χ3n) is 3.44. The molecule has 0 saturated carbocycles. The fraction of sp³-hybridized carbons (Fsp3) is 0.636. The van der Waals surface area contributed by atoms with E-state index >= 15 is 0 Å². The summed E-state index contributed by atoms with van der Waals surface area (Å²) in [5.74, 6) is 0.752. The molecule has 1 spiro atoms. The zero-order chi connectivity index (χ0) is 10.3. The van der Waals surface area contributed by atoms with Gasteiger partial charge in [-0.25, -0.2) is 4.98 Å². The van der Waals surface area contributed by atoms with E-state index in [9.17, 15) is 0 Å². The number of ether oxygens (including phenoxy) is 1. The van der Waals surface area contributed by atoms with Gasteiger partial charge in [-0.1, -0.05) is 0 Å². The molecule has 0 aliphatic carbocycles. The monoisotopic (exact) mass is 205 g/mol. The van der Waals surface area contributed by atoms with Crippen LogP contribution in [0.1, 0.15) is 18.5 Å². The topological polar surface area (TPSA) is 38.2 Å². The number of rotatable bonds is 0. The molecule has 1 saturated heterocycles. The molecule has 4 nitrogen and oxygen atoms in total. The Balaban J connectivity index is 1.83. The Morgan fingerprint density at radius 2 is 2.00 bits per heavy atom. The summed E-state index contributed by atoms with van der Waals surface area (Å²) in [5, 5.41) is 0. The molecule has 80 valence electrons. The van der Waals surface area contributed by atoms with Crippen LogP contribution in [-0.4, -0.2) is 40.6 Å². The Morgan fingerprint density at radius 3 is 2.73 bits per heavy atom. The van der Waals surface area contributed by atoms with Gasteiger partial charge in [0.25, 0.3) is 0 Å². The molecular weight excluding hydrogens is 190 g/mol. The Hall–Kier alpha value is -1.16. The van der Waals surface area contributed by atoms with Crippen LogP contribution < -0.4 is 4.74 Å². The second-order valence-corrected chi connectivity index (χ2v) is 4.57. The predicted octanol–water partition coefficient (Wildman–Crippen LogP) is 0.876. The van der Waals surface area contributed by atoms with Gasteiger partial charge in [-0.15, -0.1) is 0 Å². The quantitative estimate of drug-likeness (QED) is 0.630. The van der Waals surface area contributed by atoms with Gasteiger partial charge in [-0.05, 0) is 7.05 Å². The van der Waals surface area contributed by atoms with Crippen molar-refractivity contribution in [2.45, 2.75) is 24.9 Å². The number of fused-ring (bicyclic) bond motifs is 1. The number of hydrogen-bond acceptors (Lipinski definition) is 4. The van der Waals surface area contributed by atoms with Gasteiger partial charge in [0.05, 0.1) is 0 Å². The highest BCUT2D eigenvalue weighted by Gasteiger charge is 2.42. The highest BCUT2D eigenvalue weighted by Crippen LogP contribution is 2.38. The number of nitrogens with zero attached hydrogens (tertiary/aromatic N) is 3. The molecule has 0 radical (unpaired) electrons. The molecule has 0 unspecified atom stereocenters. The summed E-state index contributed by atoms with van der Waals surface area (Å²) >= 11 is 0. The van der Waals surface area contributed by atoms with Crippen molar-refractivity contribution in [1.29, 1.82) is 0 Å². The fourth-order valence-corrected chi connectivity index (χ4v) is 2.41. The summed E-state index contributed by atoms with van der Waals surface area (Å²) in [4.78, 5) is 10.9. The second-order valence-electron chi connectivity index (χ2n) is 4.57. The first-order chi connectivity index (χ1) is 7.27. The minimum Gasteiger partial charge on any atom is -0.469 e. The summed E-state index contributed by atoms with van der Waals surface area (Å²) in [6, 6.07) is 0. The Kier molecular flexibility index (Phi) is 1.92. The normalized spacial score (nSPS) is 23.8. The maximum Gasteiger partial charge on any atom is 0.236 e. The van der Waals surface area contributed by atoms with Crippen LogP contribution in [0.15, 0.2) is 12.4 Å². The molecule has 0 N–H and O–H groups in total. The molecular formula is C11H15N3O. The van der Waals surface area contributed by atoms with E-state index in [2.05, 4.69) is 21.9 Å². The van der Waals surface area contributed by atoms with Crippen molar-refractivity contribution in [3.05, 3.63) is 18.1 Å². The molecule has 1 fully saturated rings. The van der Waals surface area contributed by atoms with Gasteiger partial charge in [0.2, 0.25) is 5.88 Å². The summed E-state index contributed by atoms with van der Waals surface area (Å²) in [5.41, 5.74) is 1.03. The van der Waals surface area contributed by atoms with Crippen LogP contribution in [0.4, 0.5) is 0 Å². The smallest absolute Gasteiger partial charge is 0.236 e. The van der Waals surface area contributed by atoms with Gasteiger partial charge in [0, 0.05) is 44.7 Å². The van der Waals surface area contributed by atoms with Crippen molar-refractivity contribution in [1.82, 2.24) is 14.9 Å². The molecule has 2 aliphatic rings. The molecule has 0 aromatic carbocycles. The van der Waals surface area contributed by atoms with E-state index in [1.165, 1.54) is 0 Å². The van der Waals surface area contributed by atoms with Crippen LogP contribution in [0.5, 0.6) is 5.88 Å². The van der Waals surface area contributed by atoms with Gasteiger partial charge < -0.3 is 9.64 Å². The van der Waals surface area contributed by atoms with Crippen LogP contribution in [0.25, 0.3) is 0 Å².